The van der Waals surface area contributed by atoms with Crippen LogP contribution in [0.15, 0.2) is 53.5 Å². The van der Waals surface area contributed by atoms with Crippen molar-refractivity contribution in [1.82, 2.24) is 4.90 Å². The summed E-state index contributed by atoms with van der Waals surface area (Å²) in [5, 5.41) is 0. The molecule has 0 N–H and O–H groups in total. The van der Waals surface area contributed by atoms with Crippen LogP contribution in [0, 0.1) is 16.7 Å². The molecule has 2 unspecified atom stereocenters. The molecular weight excluding hydrogens is 548 g/mol. The first kappa shape index (κ1) is 32.7. The van der Waals surface area contributed by atoms with Crippen LogP contribution in [0.25, 0.3) is 0 Å². The topological polar surface area (TPSA) is 63.7 Å². The Morgan fingerprint density at radius 3 is 2.16 bits per heavy atom. The molecule has 0 radical (unpaired) electrons. The molecule has 1 aliphatic carbocycles. The third-order valence-electron chi connectivity index (χ3n) is 9.63. The van der Waals surface area contributed by atoms with Gasteiger partial charge in [0, 0.05) is 5.56 Å². The molecule has 1 saturated carbocycles. The van der Waals surface area contributed by atoms with Crippen LogP contribution in [-0.4, -0.2) is 41.2 Å². The Hall–Kier alpha value is -2.70. The lowest BCUT2D eigenvalue weighted by atomic mass is 9.69. The number of hydrogen-bond donors (Lipinski definition) is 0. The van der Waals surface area contributed by atoms with E-state index in [1.165, 1.54) is 0 Å². The van der Waals surface area contributed by atoms with Crippen molar-refractivity contribution in [2.45, 2.75) is 131 Å². The second-order valence-electron chi connectivity index (χ2n) is 15.6. The molecule has 1 spiro atoms. The molecule has 5 rings (SSSR count). The van der Waals surface area contributed by atoms with E-state index < -0.39 is 5.66 Å². The molecule has 0 aromatic heterocycles. The van der Waals surface area contributed by atoms with Crippen LogP contribution in [0.2, 0.25) is 0 Å². The molecule has 0 bridgehead atoms. The van der Waals surface area contributed by atoms with E-state index in [-0.39, 0.29) is 41.3 Å². The number of ether oxygens (including phenoxy) is 3. The highest BCUT2D eigenvalue weighted by atomic mass is 16.8. The van der Waals surface area contributed by atoms with Gasteiger partial charge in [-0.05, 0) is 111 Å². The quantitative estimate of drug-likeness (QED) is 0.255. The number of rotatable bonds is 10. The van der Waals surface area contributed by atoms with Gasteiger partial charge < -0.3 is 19.1 Å². The Morgan fingerprint density at radius 2 is 1.61 bits per heavy atom. The molecule has 2 aromatic rings. The van der Waals surface area contributed by atoms with Gasteiger partial charge in [0.25, 0.3) is 5.91 Å². The second kappa shape index (κ2) is 12.6. The highest BCUT2D eigenvalue weighted by Gasteiger charge is 2.53. The van der Waals surface area contributed by atoms with Gasteiger partial charge in [0.2, 0.25) is 0 Å². The molecule has 44 heavy (non-hydrogen) atoms. The Balaban J connectivity index is 1.50. The summed E-state index contributed by atoms with van der Waals surface area (Å²) in [4.78, 5) is 22.3. The summed E-state index contributed by atoms with van der Waals surface area (Å²) in [5.41, 5.74) is 3.57. The summed E-state index contributed by atoms with van der Waals surface area (Å²) in [5.74, 6) is 1.47. The summed E-state index contributed by atoms with van der Waals surface area (Å²) >= 11 is 0. The van der Waals surface area contributed by atoms with E-state index in [9.17, 15) is 4.79 Å². The Morgan fingerprint density at radius 1 is 0.977 bits per heavy atom. The maximum Gasteiger partial charge on any atom is 0.275 e. The normalized spacial score (nSPS) is 26.3. The van der Waals surface area contributed by atoms with Crippen molar-refractivity contribution in [3.63, 3.8) is 0 Å². The van der Waals surface area contributed by atoms with E-state index in [0.717, 1.165) is 61.0 Å². The van der Waals surface area contributed by atoms with Crippen molar-refractivity contribution >= 4 is 11.6 Å². The summed E-state index contributed by atoms with van der Waals surface area (Å²) in [6.45, 7) is 20.5. The zero-order valence-corrected chi connectivity index (χ0v) is 28.5. The molecule has 3 aliphatic rings. The molecule has 240 valence electrons. The summed E-state index contributed by atoms with van der Waals surface area (Å²) in [7, 11) is 0. The van der Waals surface area contributed by atoms with Crippen molar-refractivity contribution in [3.05, 3.63) is 65.2 Å². The van der Waals surface area contributed by atoms with Crippen LogP contribution in [0.4, 0.5) is 0 Å². The fraction of sp³-hybridized carbons (Fsp3) is 0.632. The largest absolute Gasteiger partial charge is 0.494 e. The van der Waals surface area contributed by atoms with E-state index in [0.29, 0.717) is 18.2 Å². The van der Waals surface area contributed by atoms with Crippen LogP contribution in [0.1, 0.15) is 130 Å². The SMILES string of the molecule is CCOc1ccc(C2=NC3(CCC(C(C)(C)C)CC3)N([C@H](CCC(C)(C)C)c3ccc(C4OC4OC(C)C)cc3)C2=O)cc1. The van der Waals surface area contributed by atoms with Gasteiger partial charge in [-0.2, -0.15) is 0 Å². The molecule has 2 aromatic carbocycles. The predicted molar refractivity (Wildman–Crippen MR) is 177 cm³/mol. The number of aliphatic imine (C=N–C) groups is 1. The maximum atomic E-state index is 14.7. The van der Waals surface area contributed by atoms with E-state index >= 15 is 0 Å². The van der Waals surface area contributed by atoms with Crippen LogP contribution in [0.3, 0.4) is 0 Å². The smallest absolute Gasteiger partial charge is 0.275 e. The second-order valence-corrected chi connectivity index (χ2v) is 15.6. The van der Waals surface area contributed by atoms with E-state index in [4.69, 9.17) is 19.2 Å². The standard InChI is InChI=1S/C38H54N2O4/c1-10-42-30-17-15-27(16-18-30)32-34(41)40(38(39-32)23-19-29(20-24-38)37(7,8)9)31(21-22-36(4,5)6)26-11-13-28(14-12-26)33-35(44-33)43-25(2)3/h11-18,25,29,31,33,35H,10,19-24H2,1-9H3/t29?,31-,33?,35?,38?/m1/s1. The number of benzene rings is 2. The van der Waals surface area contributed by atoms with E-state index in [1.54, 1.807) is 0 Å². The highest BCUT2D eigenvalue weighted by molar-refractivity contribution is 6.46. The molecule has 1 amide bonds. The molecule has 2 fully saturated rings. The first-order valence-electron chi connectivity index (χ1n) is 16.8. The molecule has 6 heteroatoms. The minimum atomic E-state index is -0.538. The molecular formula is C38H54N2O4. The van der Waals surface area contributed by atoms with Gasteiger partial charge in [0.05, 0.1) is 18.8 Å². The van der Waals surface area contributed by atoms with Gasteiger partial charge in [-0.1, -0.05) is 65.8 Å². The zero-order chi connectivity index (χ0) is 31.9. The average Bonchev–Trinajstić information content (AvgIpc) is 3.66. The number of nitrogens with zero attached hydrogens (tertiary/aromatic N) is 2. The fourth-order valence-electron chi connectivity index (χ4n) is 7.04. The minimum absolute atomic E-state index is 0.0264. The van der Waals surface area contributed by atoms with Gasteiger partial charge in [-0.25, -0.2) is 0 Å². The molecule has 6 nitrogen and oxygen atoms in total. The first-order valence-corrected chi connectivity index (χ1v) is 16.8. The molecule has 1 saturated heterocycles. The van der Waals surface area contributed by atoms with Crippen molar-refractivity contribution < 1.29 is 19.0 Å². The maximum absolute atomic E-state index is 14.7. The van der Waals surface area contributed by atoms with Gasteiger partial charge in [0.1, 0.15) is 23.2 Å². The minimum Gasteiger partial charge on any atom is -0.494 e. The van der Waals surface area contributed by atoms with Crippen molar-refractivity contribution in [1.29, 1.82) is 0 Å². The summed E-state index contributed by atoms with van der Waals surface area (Å²) in [6.07, 6.45) is 5.70. The van der Waals surface area contributed by atoms with Crippen molar-refractivity contribution in [2.24, 2.45) is 21.7 Å². The Labute approximate surface area is 265 Å². The molecule has 2 aliphatic heterocycles. The molecule has 3 atom stereocenters. The molecule has 2 heterocycles. The van der Waals surface area contributed by atoms with Gasteiger partial charge >= 0.3 is 0 Å². The van der Waals surface area contributed by atoms with Crippen LogP contribution in [0.5, 0.6) is 5.75 Å². The van der Waals surface area contributed by atoms with Crippen molar-refractivity contribution in [3.8, 4) is 5.75 Å². The summed E-state index contributed by atoms with van der Waals surface area (Å²) < 4.78 is 17.4. The van der Waals surface area contributed by atoms with Crippen LogP contribution in [-0.2, 0) is 14.3 Å². The van der Waals surface area contributed by atoms with Crippen molar-refractivity contribution in [2.75, 3.05) is 6.61 Å². The summed E-state index contributed by atoms with van der Waals surface area (Å²) in [6, 6.07) is 16.5. The zero-order valence-electron chi connectivity index (χ0n) is 28.5. The van der Waals surface area contributed by atoms with Gasteiger partial charge in [-0.3, -0.25) is 9.79 Å². The first-order chi connectivity index (χ1) is 20.7. The van der Waals surface area contributed by atoms with E-state index in [2.05, 4.69) is 70.7 Å². The Bertz CT molecular complexity index is 1310. The lowest BCUT2D eigenvalue weighted by molar-refractivity contribution is -0.134. The number of carbonyl (C=O) groups excluding carboxylic acids is 1. The fourth-order valence-corrected chi connectivity index (χ4v) is 7.04. The number of carbonyl (C=O) groups is 1. The monoisotopic (exact) mass is 602 g/mol. The third-order valence-corrected chi connectivity index (χ3v) is 9.63. The Kier molecular flexibility index (Phi) is 9.36. The third kappa shape index (κ3) is 7.23. The van der Waals surface area contributed by atoms with Gasteiger partial charge in [-0.15, -0.1) is 0 Å². The van der Waals surface area contributed by atoms with Gasteiger partial charge in [0.15, 0.2) is 6.29 Å². The average molecular weight is 603 g/mol. The predicted octanol–water partition coefficient (Wildman–Crippen LogP) is 9.04. The number of amides is 1. The van der Waals surface area contributed by atoms with Crippen LogP contribution >= 0.6 is 0 Å². The lowest BCUT2D eigenvalue weighted by Crippen LogP contribution is -2.51. The number of epoxide rings is 1. The van der Waals surface area contributed by atoms with Crippen LogP contribution < -0.4 is 4.74 Å². The van der Waals surface area contributed by atoms with E-state index in [1.807, 2.05) is 45.0 Å². The lowest BCUT2D eigenvalue weighted by Gasteiger charge is -2.47. The highest BCUT2D eigenvalue weighted by Crippen LogP contribution is 2.50. The number of hydrogen-bond acceptors (Lipinski definition) is 5.